The molecule has 0 unspecified atom stereocenters. The molecule has 156 valence electrons. The zero-order chi connectivity index (χ0) is 19.8. The van der Waals surface area contributed by atoms with Crippen molar-refractivity contribution in [2.75, 3.05) is 19.8 Å². The third-order valence-corrected chi connectivity index (χ3v) is 6.22. The van der Waals surface area contributed by atoms with Gasteiger partial charge in [0.15, 0.2) is 6.29 Å². The van der Waals surface area contributed by atoms with Crippen LogP contribution in [0.4, 0.5) is 0 Å². The molecule has 1 heterocycles. The monoisotopic (exact) mass is 413 g/mol. The summed E-state index contributed by atoms with van der Waals surface area (Å²) in [6.45, 7) is 2.41. The molecule has 1 aromatic carbocycles. The molecule has 1 aromatic rings. The maximum atomic E-state index is 13.3. The van der Waals surface area contributed by atoms with Crippen LogP contribution < -0.4 is 9.61 Å². The molecule has 2 fully saturated rings. The van der Waals surface area contributed by atoms with Crippen LogP contribution in [-0.2, 0) is 28.1 Å². The van der Waals surface area contributed by atoms with Crippen LogP contribution in [0.25, 0.3) is 0 Å². The molecule has 2 aliphatic rings. The second kappa shape index (κ2) is 10.4. The summed E-state index contributed by atoms with van der Waals surface area (Å²) in [7, 11) is -3.87. The summed E-state index contributed by atoms with van der Waals surface area (Å²) in [6, 6.07) is 7.78. The quantitative estimate of drug-likeness (QED) is 0.486. The summed E-state index contributed by atoms with van der Waals surface area (Å²) in [4.78, 5) is 12.4. The molecule has 0 spiro atoms. The highest BCUT2D eigenvalue weighted by Gasteiger charge is 2.34. The average Bonchev–Trinajstić information content (AvgIpc) is 3.22. The van der Waals surface area contributed by atoms with Crippen molar-refractivity contribution in [3.8, 4) is 5.75 Å². The summed E-state index contributed by atoms with van der Waals surface area (Å²) < 4.78 is 40.5. The standard InChI is InChI=1S/C19H28NO7P/c1-15(19(21)26-16-8-4-2-5-9-16)20-28(22,25-14-18-23-12-13-24-18)27-17-10-6-3-7-11-17/h3,6-7,10-11,15-16,18H,2,4-5,8-9,12-14H2,1H3,(H,20,22)/t15-,28+/m0/s1. The van der Waals surface area contributed by atoms with Gasteiger partial charge in [-0.3, -0.25) is 9.32 Å². The number of para-hydroxylation sites is 1. The highest BCUT2D eigenvalue weighted by atomic mass is 31.2. The minimum absolute atomic E-state index is 0.0818. The van der Waals surface area contributed by atoms with Crippen LogP contribution >= 0.6 is 7.75 Å². The topological polar surface area (TPSA) is 92.3 Å². The predicted octanol–water partition coefficient (Wildman–Crippen LogP) is 3.42. The van der Waals surface area contributed by atoms with Gasteiger partial charge in [-0.1, -0.05) is 24.6 Å². The lowest BCUT2D eigenvalue weighted by Crippen LogP contribution is -2.38. The van der Waals surface area contributed by atoms with Gasteiger partial charge in [-0.15, -0.1) is 0 Å². The van der Waals surface area contributed by atoms with Crippen LogP contribution in [-0.4, -0.2) is 44.2 Å². The molecular formula is C19H28NO7P. The van der Waals surface area contributed by atoms with Gasteiger partial charge in [0.25, 0.3) is 0 Å². The SMILES string of the molecule is C[C@H](N[P@@](=O)(OCC1OCCO1)Oc1ccccc1)C(=O)OC1CCCCC1. The summed E-state index contributed by atoms with van der Waals surface area (Å²) in [6.07, 6.45) is 4.31. The Labute approximate surface area is 165 Å². The first-order valence-corrected chi connectivity index (χ1v) is 11.3. The van der Waals surface area contributed by atoms with Crippen molar-refractivity contribution in [3.63, 3.8) is 0 Å². The van der Waals surface area contributed by atoms with Crippen LogP contribution in [0.1, 0.15) is 39.0 Å². The molecule has 0 radical (unpaired) electrons. The van der Waals surface area contributed by atoms with E-state index >= 15 is 0 Å². The van der Waals surface area contributed by atoms with Gasteiger partial charge in [0.2, 0.25) is 0 Å². The lowest BCUT2D eigenvalue weighted by molar-refractivity contribution is -0.152. The highest BCUT2D eigenvalue weighted by molar-refractivity contribution is 7.52. The summed E-state index contributed by atoms with van der Waals surface area (Å²) in [5.74, 6) is -0.111. The average molecular weight is 413 g/mol. The first kappa shape index (κ1) is 21.3. The van der Waals surface area contributed by atoms with E-state index in [1.165, 1.54) is 6.42 Å². The Balaban J connectivity index is 1.60. The van der Waals surface area contributed by atoms with Gasteiger partial charge < -0.3 is 18.7 Å². The van der Waals surface area contributed by atoms with E-state index in [0.717, 1.165) is 25.7 Å². The molecule has 1 N–H and O–H groups in total. The van der Waals surface area contributed by atoms with Gasteiger partial charge >= 0.3 is 13.7 Å². The zero-order valence-electron chi connectivity index (χ0n) is 16.1. The third kappa shape index (κ3) is 6.57. The van der Waals surface area contributed by atoms with Crippen LogP contribution in [0.2, 0.25) is 0 Å². The fourth-order valence-corrected chi connectivity index (χ4v) is 4.59. The Hall–Kier alpha value is -1.44. The number of carbonyl (C=O) groups is 1. The maximum absolute atomic E-state index is 13.3. The lowest BCUT2D eigenvalue weighted by atomic mass is 9.98. The Bertz CT molecular complexity index is 660. The third-order valence-electron chi connectivity index (χ3n) is 4.58. The molecule has 0 aromatic heterocycles. The van der Waals surface area contributed by atoms with Crippen molar-refractivity contribution in [2.24, 2.45) is 0 Å². The normalized spacial score (nSPS) is 21.8. The zero-order valence-corrected chi connectivity index (χ0v) is 17.0. The van der Waals surface area contributed by atoms with Crippen molar-refractivity contribution in [3.05, 3.63) is 30.3 Å². The van der Waals surface area contributed by atoms with E-state index < -0.39 is 26.0 Å². The summed E-state index contributed by atoms with van der Waals surface area (Å²) >= 11 is 0. The Morgan fingerprint density at radius 3 is 2.54 bits per heavy atom. The van der Waals surface area contributed by atoms with Gasteiger partial charge in [-0.25, -0.2) is 4.57 Å². The van der Waals surface area contributed by atoms with Gasteiger partial charge in [0.1, 0.15) is 24.5 Å². The Kier molecular flexibility index (Phi) is 7.88. The van der Waals surface area contributed by atoms with Crippen molar-refractivity contribution < 1.29 is 32.6 Å². The van der Waals surface area contributed by atoms with Crippen molar-refractivity contribution in [1.29, 1.82) is 0 Å². The molecule has 2 atom stereocenters. The molecule has 8 nitrogen and oxygen atoms in total. The molecule has 28 heavy (non-hydrogen) atoms. The van der Waals surface area contributed by atoms with Crippen molar-refractivity contribution in [2.45, 2.75) is 57.5 Å². The van der Waals surface area contributed by atoms with E-state index in [-0.39, 0.29) is 12.7 Å². The molecule has 0 amide bonds. The number of benzene rings is 1. The van der Waals surface area contributed by atoms with Crippen LogP contribution in [0.15, 0.2) is 30.3 Å². The molecule has 3 rings (SSSR count). The number of esters is 1. The van der Waals surface area contributed by atoms with E-state index in [1.807, 2.05) is 6.07 Å². The highest BCUT2D eigenvalue weighted by Crippen LogP contribution is 2.45. The Morgan fingerprint density at radius 1 is 1.18 bits per heavy atom. The molecular weight excluding hydrogens is 385 g/mol. The van der Waals surface area contributed by atoms with Gasteiger partial charge in [0, 0.05) is 0 Å². The fourth-order valence-electron chi connectivity index (χ4n) is 3.11. The number of carbonyl (C=O) groups excluding carboxylic acids is 1. The molecule has 9 heteroatoms. The van der Waals surface area contributed by atoms with Crippen LogP contribution in [0.3, 0.4) is 0 Å². The molecule has 1 saturated carbocycles. The largest absolute Gasteiger partial charge is 0.461 e. The molecule has 1 saturated heterocycles. The number of hydrogen-bond donors (Lipinski definition) is 1. The number of hydrogen-bond acceptors (Lipinski definition) is 7. The number of ether oxygens (including phenoxy) is 3. The smallest absolute Gasteiger partial charge is 0.459 e. The fraction of sp³-hybridized carbons (Fsp3) is 0.632. The first-order valence-electron chi connectivity index (χ1n) is 9.75. The van der Waals surface area contributed by atoms with E-state index in [2.05, 4.69) is 5.09 Å². The maximum Gasteiger partial charge on any atom is 0.459 e. The predicted molar refractivity (Wildman–Crippen MR) is 102 cm³/mol. The van der Waals surface area contributed by atoms with Crippen LogP contribution in [0, 0.1) is 0 Å². The minimum Gasteiger partial charge on any atom is -0.461 e. The van der Waals surface area contributed by atoms with Gasteiger partial charge in [-0.2, -0.15) is 5.09 Å². The molecule has 0 bridgehead atoms. The van der Waals surface area contributed by atoms with E-state index in [4.69, 9.17) is 23.3 Å². The lowest BCUT2D eigenvalue weighted by Gasteiger charge is -2.26. The second-order valence-electron chi connectivity index (χ2n) is 6.92. The van der Waals surface area contributed by atoms with Crippen molar-refractivity contribution >= 4 is 13.7 Å². The summed E-state index contributed by atoms with van der Waals surface area (Å²) in [5.41, 5.74) is 0. The van der Waals surface area contributed by atoms with Gasteiger partial charge in [0.05, 0.1) is 13.2 Å². The van der Waals surface area contributed by atoms with E-state index in [9.17, 15) is 9.36 Å². The number of rotatable bonds is 9. The molecule has 1 aliphatic heterocycles. The molecule has 1 aliphatic carbocycles. The van der Waals surface area contributed by atoms with E-state index in [1.54, 1.807) is 31.2 Å². The van der Waals surface area contributed by atoms with Gasteiger partial charge in [-0.05, 0) is 44.7 Å². The number of nitrogens with one attached hydrogen (secondary N) is 1. The summed E-state index contributed by atoms with van der Waals surface area (Å²) in [5, 5.41) is 2.68. The van der Waals surface area contributed by atoms with Crippen molar-refractivity contribution in [1.82, 2.24) is 5.09 Å². The van der Waals surface area contributed by atoms with Crippen LogP contribution in [0.5, 0.6) is 5.75 Å². The first-order chi connectivity index (χ1) is 13.5. The Morgan fingerprint density at radius 2 is 1.86 bits per heavy atom. The van der Waals surface area contributed by atoms with E-state index in [0.29, 0.717) is 19.0 Å². The second-order valence-corrected chi connectivity index (χ2v) is 8.61. The minimum atomic E-state index is -3.87.